The molecule has 0 saturated heterocycles. The number of nitrogens with zero attached hydrogens (tertiary/aromatic N) is 3. The highest BCUT2D eigenvalue weighted by Crippen LogP contribution is 2.22. The van der Waals surface area contributed by atoms with E-state index in [2.05, 4.69) is 19.9 Å². The summed E-state index contributed by atoms with van der Waals surface area (Å²) >= 11 is 0. The first kappa shape index (κ1) is 16.4. The Morgan fingerprint density at radius 2 is 2.00 bits per heavy atom. The highest BCUT2D eigenvalue weighted by Gasteiger charge is 2.21. The van der Waals surface area contributed by atoms with Crippen molar-refractivity contribution in [3.63, 3.8) is 0 Å². The summed E-state index contributed by atoms with van der Waals surface area (Å²) in [5.41, 5.74) is 9.78. The molecule has 3 heterocycles. The van der Waals surface area contributed by atoms with Crippen LogP contribution in [0.1, 0.15) is 16.8 Å². The molecule has 0 radical (unpaired) electrons. The number of nitrogens with one attached hydrogen (secondary N) is 1. The third kappa shape index (κ3) is 3.34. The Morgan fingerprint density at radius 3 is 2.81 bits per heavy atom. The molecule has 26 heavy (non-hydrogen) atoms. The first-order chi connectivity index (χ1) is 12.6. The second-order valence-corrected chi connectivity index (χ2v) is 6.43. The lowest BCUT2D eigenvalue weighted by Crippen LogP contribution is -2.35. The zero-order chi connectivity index (χ0) is 18.1. The van der Waals surface area contributed by atoms with E-state index in [4.69, 9.17) is 5.73 Å². The van der Waals surface area contributed by atoms with Crippen molar-refractivity contribution in [1.29, 1.82) is 0 Å². The van der Waals surface area contributed by atoms with Crippen molar-refractivity contribution >= 4 is 5.95 Å². The molecule has 1 aromatic carbocycles. The van der Waals surface area contributed by atoms with Crippen molar-refractivity contribution in [3.8, 4) is 11.1 Å². The van der Waals surface area contributed by atoms with Crippen LogP contribution in [-0.4, -0.2) is 26.4 Å². The molecular weight excluding hydrogens is 333 g/mol. The van der Waals surface area contributed by atoms with Gasteiger partial charge >= 0.3 is 0 Å². The number of anilines is 1. The Balaban J connectivity index is 1.54. The van der Waals surface area contributed by atoms with E-state index < -0.39 is 0 Å². The number of halogens is 1. The van der Waals surface area contributed by atoms with Crippen molar-refractivity contribution in [1.82, 2.24) is 19.9 Å². The maximum absolute atomic E-state index is 13.1. The normalized spacial score (nSPS) is 14.2. The molecule has 0 spiro atoms. The SMILES string of the molecule is Nc1nc2c(c(=O)[nH]1)CN(Cc1cncc(-c3ccc(F)cc3)c1)CC2. The number of nitrogens with two attached hydrogens (primary N) is 1. The minimum atomic E-state index is -0.260. The summed E-state index contributed by atoms with van der Waals surface area (Å²) in [5, 5.41) is 0. The molecule has 2 aromatic heterocycles. The molecule has 132 valence electrons. The fraction of sp³-hybridized carbons (Fsp3) is 0.211. The molecule has 7 heteroatoms. The number of H-pyrrole nitrogens is 1. The van der Waals surface area contributed by atoms with Gasteiger partial charge < -0.3 is 5.73 Å². The minimum Gasteiger partial charge on any atom is -0.369 e. The van der Waals surface area contributed by atoms with E-state index in [1.54, 1.807) is 18.3 Å². The number of benzene rings is 1. The topological polar surface area (TPSA) is 87.9 Å². The van der Waals surface area contributed by atoms with Gasteiger partial charge in [0, 0.05) is 44.0 Å². The molecule has 0 saturated carbocycles. The largest absolute Gasteiger partial charge is 0.369 e. The molecule has 3 N–H and O–H groups in total. The van der Waals surface area contributed by atoms with Crippen LogP contribution in [-0.2, 0) is 19.5 Å². The van der Waals surface area contributed by atoms with Crippen molar-refractivity contribution in [2.45, 2.75) is 19.5 Å². The number of fused-ring (bicyclic) bond motifs is 1. The molecule has 0 atom stereocenters. The zero-order valence-electron chi connectivity index (χ0n) is 14.1. The fourth-order valence-corrected chi connectivity index (χ4v) is 3.27. The lowest BCUT2D eigenvalue weighted by Gasteiger charge is -2.27. The standard InChI is InChI=1S/C19H18FN5O/c20-15-3-1-13(2-4-15)14-7-12(8-22-9-14)10-25-6-5-17-16(11-25)18(26)24-19(21)23-17/h1-4,7-9H,5-6,10-11H2,(H3,21,23,24,26). The Hall–Kier alpha value is -3.06. The van der Waals surface area contributed by atoms with E-state index >= 15 is 0 Å². The van der Waals surface area contributed by atoms with Crippen LogP contribution in [0.2, 0.25) is 0 Å². The van der Waals surface area contributed by atoms with Gasteiger partial charge in [-0.1, -0.05) is 12.1 Å². The number of hydrogen-bond acceptors (Lipinski definition) is 5. The average molecular weight is 351 g/mol. The van der Waals surface area contributed by atoms with Gasteiger partial charge in [0.1, 0.15) is 5.82 Å². The Bertz CT molecular complexity index is 1000. The third-order valence-corrected chi connectivity index (χ3v) is 4.54. The van der Waals surface area contributed by atoms with Crippen LogP contribution in [0.5, 0.6) is 0 Å². The molecule has 0 fully saturated rings. The number of nitrogen functional groups attached to an aromatic ring is 1. The number of rotatable bonds is 3. The minimum absolute atomic E-state index is 0.165. The molecule has 0 bridgehead atoms. The van der Waals surface area contributed by atoms with Crippen molar-refractivity contribution < 1.29 is 4.39 Å². The van der Waals surface area contributed by atoms with Gasteiger partial charge in [0.05, 0.1) is 11.3 Å². The summed E-state index contributed by atoms with van der Waals surface area (Å²) in [4.78, 5) is 25.4. The molecule has 6 nitrogen and oxygen atoms in total. The van der Waals surface area contributed by atoms with Crippen LogP contribution in [0.15, 0.2) is 47.5 Å². The van der Waals surface area contributed by atoms with Crippen LogP contribution in [0, 0.1) is 5.82 Å². The number of aromatic amines is 1. The number of hydrogen-bond donors (Lipinski definition) is 2. The van der Waals surface area contributed by atoms with Gasteiger partial charge in [-0.05, 0) is 29.3 Å². The van der Waals surface area contributed by atoms with E-state index in [1.165, 1.54) is 12.1 Å². The molecule has 0 amide bonds. The highest BCUT2D eigenvalue weighted by atomic mass is 19.1. The molecular formula is C19H18FN5O. The maximum atomic E-state index is 13.1. The van der Waals surface area contributed by atoms with Crippen LogP contribution in [0.4, 0.5) is 10.3 Å². The lowest BCUT2D eigenvalue weighted by atomic mass is 10.0. The predicted molar refractivity (Wildman–Crippen MR) is 96.7 cm³/mol. The van der Waals surface area contributed by atoms with E-state index in [1.807, 2.05) is 12.3 Å². The van der Waals surface area contributed by atoms with Crippen LogP contribution >= 0.6 is 0 Å². The monoisotopic (exact) mass is 351 g/mol. The molecule has 1 aliphatic rings. The summed E-state index contributed by atoms with van der Waals surface area (Å²) in [6.45, 7) is 1.99. The molecule has 1 aliphatic heterocycles. The molecule has 0 aliphatic carbocycles. The molecule has 0 unspecified atom stereocenters. The fourth-order valence-electron chi connectivity index (χ4n) is 3.27. The van der Waals surface area contributed by atoms with Gasteiger partial charge in [0.25, 0.3) is 5.56 Å². The maximum Gasteiger partial charge on any atom is 0.257 e. The van der Waals surface area contributed by atoms with Gasteiger partial charge in [0.15, 0.2) is 0 Å². The van der Waals surface area contributed by atoms with Crippen molar-refractivity contribution in [3.05, 3.63) is 75.7 Å². The predicted octanol–water partition coefficient (Wildman–Crippen LogP) is 2.11. The van der Waals surface area contributed by atoms with Crippen molar-refractivity contribution in [2.75, 3.05) is 12.3 Å². The van der Waals surface area contributed by atoms with Crippen LogP contribution in [0.3, 0.4) is 0 Å². The van der Waals surface area contributed by atoms with E-state index in [9.17, 15) is 9.18 Å². The summed E-state index contributed by atoms with van der Waals surface area (Å²) in [7, 11) is 0. The lowest BCUT2D eigenvalue weighted by molar-refractivity contribution is 0.241. The molecule has 4 rings (SSSR count). The third-order valence-electron chi connectivity index (χ3n) is 4.54. The van der Waals surface area contributed by atoms with Gasteiger partial charge in [-0.25, -0.2) is 9.37 Å². The van der Waals surface area contributed by atoms with Crippen molar-refractivity contribution in [2.24, 2.45) is 0 Å². The highest BCUT2D eigenvalue weighted by molar-refractivity contribution is 5.62. The quantitative estimate of drug-likeness (QED) is 0.755. The van der Waals surface area contributed by atoms with Gasteiger partial charge in [-0.15, -0.1) is 0 Å². The van der Waals surface area contributed by atoms with Crippen LogP contribution in [0.25, 0.3) is 11.1 Å². The zero-order valence-corrected chi connectivity index (χ0v) is 14.1. The second-order valence-electron chi connectivity index (χ2n) is 6.43. The van der Waals surface area contributed by atoms with E-state index in [0.717, 1.165) is 28.9 Å². The van der Waals surface area contributed by atoms with E-state index in [-0.39, 0.29) is 17.3 Å². The van der Waals surface area contributed by atoms with Gasteiger partial charge in [-0.3, -0.25) is 19.7 Å². The smallest absolute Gasteiger partial charge is 0.257 e. The van der Waals surface area contributed by atoms with Gasteiger partial charge in [-0.2, -0.15) is 0 Å². The first-order valence-electron chi connectivity index (χ1n) is 8.38. The van der Waals surface area contributed by atoms with Gasteiger partial charge in [0.2, 0.25) is 5.95 Å². The summed E-state index contributed by atoms with van der Waals surface area (Å²) in [6, 6.07) is 8.40. The Kier molecular flexibility index (Phi) is 4.22. The number of pyridine rings is 1. The van der Waals surface area contributed by atoms with Crippen LogP contribution < -0.4 is 11.3 Å². The summed E-state index contributed by atoms with van der Waals surface area (Å²) in [6.07, 6.45) is 4.27. The summed E-state index contributed by atoms with van der Waals surface area (Å²) < 4.78 is 13.1. The molecule has 3 aromatic rings. The van der Waals surface area contributed by atoms with E-state index in [0.29, 0.717) is 25.1 Å². The Morgan fingerprint density at radius 1 is 1.19 bits per heavy atom. The second kappa shape index (κ2) is 6.68. The Labute approximate surface area is 149 Å². The average Bonchev–Trinajstić information content (AvgIpc) is 2.63. The summed E-state index contributed by atoms with van der Waals surface area (Å²) in [5.74, 6) is -0.0947. The number of aromatic nitrogens is 3. The first-order valence-corrected chi connectivity index (χ1v) is 8.38.